The molecule has 1 atom stereocenters. The first kappa shape index (κ1) is 10.3. The van der Waals surface area contributed by atoms with Gasteiger partial charge >= 0.3 is 0 Å². The number of hydrogen-bond donors (Lipinski definition) is 0. The average Bonchev–Trinajstić information content (AvgIpc) is 2.60. The Morgan fingerprint density at radius 1 is 1.46 bits per heavy atom. The summed E-state index contributed by atoms with van der Waals surface area (Å²) in [5.74, 6) is 0. The van der Waals surface area contributed by atoms with E-state index in [0.717, 1.165) is 19.4 Å². The van der Waals surface area contributed by atoms with E-state index in [1.807, 2.05) is 12.2 Å². The lowest BCUT2D eigenvalue weighted by atomic mass is 10.1. The van der Waals surface area contributed by atoms with E-state index < -0.39 is 0 Å². The van der Waals surface area contributed by atoms with E-state index >= 15 is 0 Å². The van der Waals surface area contributed by atoms with E-state index in [2.05, 4.69) is 19.2 Å². The number of unbranched alkanes of at least 4 members (excludes halogenated alkanes) is 2. The highest BCUT2D eigenvalue weighted by Crippen LogP contribution is 2.18. The van der Waals surface area contributed by atoms with Crippen LogP contribution in [0.25, 0.3) is 0 Å². The Morgan fingerprint density at radius 2 is 2.31 bits per heavy atom. The summed E-state index contributed by atoms with van der Waals surface area (Å²) in [4.78, 5) is 0. The minimum atomic E-state index is 0.161. The summed E-state index contributed by atoms with van der Waals surface area (Å²) in [7, 11) is 0. The molecule has 1 unspecified atom stereocenters. The van der Waals surface area contributed by atoms with Gasteiger partial charge in [-0.3, -0.25) is 0 Å². The minimum absolute atomic E-state index is 0.161. The van der Waals surface area contributed by atoms with Gasteiger partial charge in [0, 0.05) is 0 Å². The molecule has 0 aromatic carbocycles. The highest BCUT2D eigenvalue weighted by molar-refractivity contribution is 5.15. The highest BCUT2D eigenvalue weighted by atomic mass is 16.5. The zero-order chi connectivity index (χ0) is 9.52. The van der Waals surface area contributed by atoms with Crippen LogP contribution in [-0.4, -0.2) is 12.7 Å². The van der Waals surface area contributed by atoms with Crippen LogP contribution in [0.15, 0.2) is 37.0 Å². The SMILES string of the molecule is C=CCCCCC1=CC(C=C)OC1. The van der Waals surface area contributed by atoms with Crippen molar-refractivity contribution in [3.05, 3.63) is 37.0 Å². The number of hydrogen-bond acceptors (Lipinski definition) is 1. The topological polar surface area (TPSA) is 9.23 Å². The Balaban J connectivity index is 2.15. The monoisotopic (exact) mass is 178 g/mol. The van der Waals surface area contributed by atoms with Gasteiger partial charge in [0.05, 0.1) is 12.7 Å². The molecule has 1 heterocycles. The normalized spacial score (nSPS) is 21.2. The third kappa shape index (κ3) is 3.60. The number of ether oxygens (including phenoxy) is 1. The van der Waals surface area contributed by atoms with E-state index in [9.17, 15) is 0 Å². The molecular weight excluding hydrogens is 160 g/mol. The molecule has 0 radical (unpaired) electrons. The number of rotatable bonds is 6. The van der Waals surface area contributed by atoms with Crippen LogP contribution in [0.5, 0.6) is 0 Å². The average molecular weight is 178 g/mol. The van der Waals surface area contributed by atoms with Crippen LogP contribution in [0.1, 0.15) is 25.7 Å². The molecule has 0 aromatic heterocycles. The van der Waals surface area contributed by atoms with E-state index in [-0.39, 0.29) is 6.10 Å². The van der Waals surface area contributed by atoms with Crippen LogP contribution in [0.2, 0.25) is 0 Å². The van der Waals surface area contributed by atoms with E-state index in [4.69, 9.17) is 4.74 Å². The van der Waals surface area contributed by atoms with Gasteiger partial charge in [0.1, 0.15) is 0 Å². The standard InChI is InChI=1S/C12H18O/c1-3-5-6-7-8-11-9-12(4-2)13-10-11/h3-4,9,12H,1-2,5-8,10H2. The zero-order valence-electron chi connectivity index (χ0n) is 8.17. The summed E-state index contributed by atoms with van der Waals surface area (Å²) in [5.41, 5.74) is 1.42. The molecule has 1 rings (SSSR count). The van der Waals surface area contributed by atoms with Crippen molar-refractivity contribution in [2.75, 3.05) is 6.61 Å². The van der Waals surface area contributed by atoms with Gasteiger partial charge in [-0.2, -0.15) is 0 Å². The van der Waals surface area contributed by atoms with Crippen molar-refractivity contribution in [2.24, 2.45) is 0 Å². The Hall–Kier alpha value is -0.820. The molecule has 1 aliphatic rings. The van der Waals surface area contributed by atoms with Gasteiger partial charge in [0.15, 0.2) is 0 Å². The molecule has 0 aromatic rings. The predicted molar refractivity (Wildman–Crippen MR) is 56.7 cm³/mol. The third-order valence-corrected chi connectivity index (χ3v) is 2.25. The van der Waals surface area contributed by atoms with Crippen LogP contribution in [-0.2, 0) is 4.74 Å². The smallest absolute Gasteiger partial charge is 0.0942 e. The summed E-state index contributed by atoms with van der Waals surface area (Å²) >= 11 is 0. The summed E-state index contributed by atoms with van der Waals surface area (Å²) in [6.45, 7) is 8.20. The van der Waals surface area contributed by atoms with Crippen molar-refractivity contribution in [1.82, 2.24) is 0 Å². The van der Waals surface area contributed by atoms with Crippen molar-refractivity contribution in [2.45, 2.75) is 31.8 Å². The fourth-order valence-electron chi connectivity index (χ4n) is 1.46. The van der Waals surface area contributed by atoms with Crippen molar-refractivity contribution >= 4 is 0 Å². The van der Waals surface area contributed by atoms with Gasteiger partial charge in [-0.1, -0.05) is 18.2 Å². The molecule has 0 amide bonds. The molecule has 1 aliphatic heterocycles. The molecule has 0 N–H and O–H groups in total. The van der Waals surface area contributed by atoms with Crippen molar-refractivity contribution < 1.29 is 4.74 Å². The molecule has 13 heavy (non-hydrogen) atoms. The van der Waals surface area contributed by atoms with Crippen LogP contribution in [0.3, 0.4) is 0 Å². The molecular formula is C12H18O. The Morgan fingerprint density at radius 3 is 2.92 bits per heavy atom. The fraction of sp³-hybridized carbons (Fsp3) is 0.500. The van der Waals surface area contributed by atoms with E-state index in [0.29, 0.717) is 0 Å². The van der Waals surface area contributed by atoms with Crippen LogP contribution in [0.4, 0.5) is 0 Å². The molecule has 0 spiro atoms. The zero-order valence-corrected chi connectivity index (χ0v) is 8.17. The fourth-order valence-corrected chi connectivity index (χ4v) is 1.46. The molecule has 0 aliphatic carbocycles. The molecule has 0 saturated carbocycles. The summed E-state index contributed by atoms with van der Waals surface area (Å²) in [6.07, 6.45) is 10.9. The largest absolute Gasteiger partial charge is 0.366 e. The van der Waals surface area contributed by atoms with Crippen LogP contribution in [0, 0.1) is 0 Å². The second-order valence-corrected chi connectivity index (χ2v) is 3.37. The lowest BCUT2D eigenvalue weighted by molar-refractivity contribution is 0.157. The lowest BCUT2D eigenvalue weighted by Crippen LogP contribution is -1.97. The first-order valence-electron chi connectivity index (χ1n) is 4.91. The second kappa shape index (κ2) is 5.76. The van der Waals surface area contributed by atoms with Gasteiger partial charge in [-0.05, 0) is 31.3 Å². The van der Waals surface area contributed by atoms with Crippen LogP contribution >= 0.6 is 0 Å². The Labute approximate surface area is 80.8 Å². The van der Waals surface area contributed by atoms with Crippen LogP contribution < -0.4 is 0 Å². The molecule has 72 valence electrons. The molecule has 1 nitrogen and oxygen atoms in total. The quantitative estimate of drug-likeness (QED) is 0.448. The Bertz CT molecular complexity index is 203. The summed E-state index contributed by atoms with van der Waals surface area (Å²) < 4.78 is 5.44. The maximum Gasteiger partial charge on any atom is 0.0942 e. The van der Waals surface area contributed by atoms with E-state index in [1.54, 1.807) is 0 Å². The Kier molecular flexibility index (Phi) is 4.55. The molecule has 0 fully saturated rings. The highest BCUT2D eigenvalue weighted by Gasteiger charge is 2.11. The maximum absolute atomic E-state index is 5.44. The lowest BCUT2D eigenvalue weighted by Gasteiger charge is -1.99. The third-order valence-electron chi connectivity index (χ3n) is 2.25. The van der Waals surface area contributed by atoms with Gasteiger partial charge in [-0.25, -0.2) is 0 Å². The van der Waals surface area contributed by atoms with Gasteiger partial charge < -0.3 is 4.74 Å². The predicted octanol–water partition coefficient (Wildman–Crippen LogP) is 3.24. The van der Waals surface area contributed by atoms with Crippen molar-refractivity contribution in [3.63, 3.8) is 0 Å². The van der Waals surface area contributed by atoms with E-state index in [1.165, 1.54) is 18.4 Å². The summed E-state index contributed by atoms with van der Waals surface area (Å²) in [6, 6.07) is 0. The molecule has 1 heteroatoms. The second-order valence-electron chi connectivity index (χ2n) is 3.37. The number of allylic oxidation sites excluding steroid dienone is 1. The van der Waals surface area contributed by atoms with Crippen molar-refractivity contribution in [3.8, 4) is 0 Å². The van der Waals surface area contributed by atoms with Gasteiger partial charge in [0.2, 0.25) is 0 Å². The van der Waals surface area contributed by atoms with Crippen molar-refractivity contribution in [1.29, 1.82) is 0 Å². The molecule has 0 saturated heterocycles. The van der Waals surface area contributed by atoms with Gasteiger partial charge in [0.25, 0.3) is 0 Å². The first-order valence-corrected chi connectivity index (χ1v) is 4.91. The van der Waals surface area contributed by atoms with Gasteiger partial charge in [-0.15, -0.1) is 13.2 Å². The minimum Gasteiger partial charge on any atom is -0.366 e. The first-order chi connectivity index (χ1) is 6.36. The summed E-state index contributed by atoms with van der Waals surface area (Å²) in [5, 5.41) is 0. The maximum atomic E-state index is 5.44. The molecule has 0 bridgehead atoms.